The molecule has 0 saturated carbocycles. The van der Waals surface area contributed by atoms with E-state index in [2.05, 4.69) is 20.2 Å². The van der Waals surface area contributed by atoms with Crippen LogP contribution in [0.1, 0.15) is 6.42 Å². The summed E-state index contributed by atoms with van der Waals surface area (Å²) in [5, 5.41) is 7.18. The fourth-order valence-electron chi connectivity index (χ4n) is 4.31. The Balaban J connectivity index is 1.40. The molecule has 3 aliphatic heterocycles. The summed E-state index contributed by atoms with van der Waals surface area (Å²) in [7, 11) is -3.32. The highest BCUT2D eigenvalue weighted by Crippen LogP contribution is 2.42. The molecule has 164 valence electrons. The van der Waals surface area contributed by atoms with Crippen LogP contribution in [0.5, 0.6) is 11.6 Å². The molecular formula is C22H20N4O4S2. The Morgan fingerprint density at radius 1 is 1.19 bits per heavy atom. The number of furan rings is 1. The lowest BCUT2D eigenvalue weighted by Crippen LogP contribution is -2.66. The quantitative estimate of drug-likeness (QED) is 0.474. The highest BCUT2D eigenvalue weighted by Gasteiger charge is 2.37. The molecule has 1 N–H and O–H groups in total. The summed E-state index contributed by atoms with van der Waals surface area (Å²) in [4.78, 5) is 11.0. The van der Waals surface area contributed by atoms with Crippen LogP contribution in [0.25, 0.3) is 21.5 Å². The van der Waals surface area contributed by atoms with Crippen molar-refractivity contribution in [2.24, 2.45) is 0 Å². The summed E-state index contributed by atoms with van der Waals surface area (Å²) in [6.45, 7) is 1.82. The molecule has 3 aliphatic rings. The fourth-order valence-corrected chi connectivity index (χ4v) is 5.53. The van der Waals surface area contributed by atoms with Gasteiger partial charge in [-0.2, -0.15) is 0 Å². The van der Waals surface area contributed by atoms with Crippen molar-refractivity contribution in [3.8, 4) is 22.2 Å². The molecule has 6 heterocycles. The number of thiazole rings is 1. The van der Waals surface area contributed by atoms with E-state index < -0.39 is 9.84 Å². The molecule has 2 bridgehead atoms. The maximum absolute atomic E-state index is 11.7. The zero-order valence-corrected chi connectivity index (χ0v) is 18.8. The second kappa shape index (κ2) is 7.29. The van der Waals surface area contributed by atoms with Gasteiger partial charge < -0.3 is 19.4 Å². The topological polar surface area (TPSA) is 97.6 Å². The number of piperidine rings is 1. The number of hydrogen-bond donors (Lipinski definition) is 1. The van der Waals surface area contributed by atoms with E-state index in [9.17, 15) is 8.42 Å². The predicted octanol–water partition coefficient (Wildman–Crippen LogP) is 3.70. The third-order valence-electron chi connectivity index (χ3n) is 5.88. The number of benzene rings is 1. The Bertz CT molecular complexity index is 1380. The van der Waals surface area contributed by atoms with Crippen LogP contribution >= 0.6 is 11.3 Å². The van der Waals surface area contributed by atoms with Crippen LogP contribution in [0, 0.1) is 0 Å². The number of piperazine rings is 1. The van der Waals surface area contributed by atoms with E-state index in [0.717, 1.165) is 41.2 Å². The summed E-state index contributed by atoms with van der Waals surface area (Å²) < 4.78 is 35.8. The normalized spacial score (nSPS) is 20.3. The van der Waals surface area contributed by atoms with Gasteiger partial charge in [0.15, 0.2) is 21.3 Å². The molecule has 0 amide bonds. The van der Waals surface area contributed by atoms with Crippen LogP contribution in [0.3, 0.4) is 0 Å². The molecule has 3 fully saturated rings. The van der Waals surface area contributed by atoms with Crippen LogP contribution in [-0.2, 0) is 9.84 Å². The van der Waals surface area contributed by atoms with E-state index in [1.807, 2.05) is 23.6 Å². The van der Waals surface area contributed by atoms with E-state index in [0.29, 0.717) is 29.3 Å². The molecule has 10 heteroatoms. The average Bonchev–Trinajstić information content (AvgIpc) is 3.44. The first-order chi connectivity index (χ1) is 15.4. The third-order valence-corrected chi connectivity index (χ3v) is 7.78. The maximum Gasteiger partial charge on any atom is 0.219 e. The van der Waals surface area contributed by atoms with Crippen LogP contribution in [0.2, 0.25) is 0 Å². The second-order valence-corrected chi connectivity index (χ2v) is 11.1. The zero-order valence-electron chi connectivity index (χ0n) is 17.2. The highest BCUT2D eigenvalue weighted by atomic mass is 32.2. The van der Waals surface area contributed by atoms with Gasteiger partial charge in [-0.3, -0.25) is 0 Å². The zero-order chi connectivity index (χ0) is 21.9. The number of fused-ring (bicyclic) bond motifs is 3. The van der Waals surface area contributed by atoms with Crippen LogP contribution in [0.15, 0.2) is 57.4 Å². The molecule has 32 heavy (non-hydrogen) atoms. The minimum Gasteiger partial charge on any atom is -0.440 e. The second-order valence-electron chi connectivity index (χ2n) is 8.18. The van der Waals surface area contributed by atoms with Gasteiger partial charge in [0.25, 0.3) is 0 Å². The summed E-state index contributed by atoms with van der Waals surface area (Å²) >= 11 is 1.55. The number of aromatic nitrogens is 2. The van der Waals surface area contributed by atoms with Gasteiger partial charge in [0.05, 0.1) is 15.8 Å². The third kappa shape index (κ3) is 3.44. The van der Waals surface area contributed by atoms with E-state index >= 15 is 0 Å². The summed E-state index contributed by atoms with van der Waals surface area (Å²) in [5.41, 5.74) is 1.63. The van der Waals surface area contributed by atoms with Crippen molar-refractivity contribution in [3.63, 3.8) is 0 Å². The van der Waals surface area contributed by atoms with Gasteiger partial charge in [-0.05, 0) is 24.6 Å². The Kier molecular flexibility index (Phi) is 4.49. The first-order valence-corrected chi connectivity index (χ1v) is 13.0. The average molecular weight is 469 g/mol. The molecule has 0 aliphatic carbocycles. The monoisotopic (exact) mass is 468 g/mol. The Morgan fingerprint density at radius 2 is 2.00 bits per heavy atom. The number of anilines is 1. The Labute approximate surface area is 188 Å². The first kappa shape index (κ1) is 19.7. The van der Waals surface area contributed by atoms with E-state index in [1.54, 1.807) is 23.6 Å². The number of nitrogens with one attached hydrogen (secondary N) is 1. The van der Waals surface area contributed by atoms with Gasteiger partial charge in [0.1, 0.15) is 10.8 Å². The molecule has 4 aromatic rings. The van der Waals surface area contributed by atoms with Gasteiger partial charge in [-0.15, -0.1) is 11.3 Å². The molecule has 2 atom stereocenters. The van der Waals surface area contributed by atoms with Gasteiger partial charge >= 0.3 is 0 Å². The molecule has 8 nitrogen and oxygen atoms in total. The summed E-state index contributed by atoms with van der Waals surface area (Å²) in [6, 6.07) is 9.89. The van der Waals surface area contributed by atoms with E-state index in [-0.39, 0.29) is 4.90 Å². The van der Waals surface area contributed by atoms with Crippen LogP contribution < -0.4 is 15.0 Å². The number of pyridine rings is 1. The van der Waals surface area contributed by atoms with Crippen molar-refractivity contribution in [1.82, 2.24) is 15.3 Å². The van der Waals surface area contributed by atoms with Crippen LogP contribution in [0.4, 0.5) is 5.88 Å². The van der Waals surface area contributed by atoms with Crippen molar-refractivity contribution in [1.29, 1.82) is 0 Å². The number of sulfone groups is 1. The van der Waals surface area contributed by atoms with E-state index in [4.69, 9.17) is 9.15 Å². The lowest BCUT2D eigenvalue weighted by Gasteiger charge is -2.48. The Hall–Kier alpha value is -2.95. The summed E-state index contributed by atoms with van der Waals surface area (Å²) in [6.07, 6.45) is 5.44. The number of rotatable bonds is 5. The first-order valence-electron chi connectivity index (χ1n) is 10.3. The van der Waals surface area contributed by atoms with Gasteiger partial charge in [0.2, 0.25) is 5.88 Å². The van der Waals surface area contributed by atoms with Crippen molar-refractivity contribution < 1.29 is 17.6 Å². The van der Waals surface area contributed by atoms with Gasteiger partial charge in [-0.25, -0.2) is 18.4 Å². The fraction of sp³-hybridized carbons (Fsp3) is 0.273. The van der Waals surface area contributed by atoms with Gasteiger partial charge in [0, 0.05) is 61.3 Å². The molecule has 7 rings (SSSR count). The molecule has 0 spiro atoms. The van der Waals surface area contributed by atoms with Crippen LogP contribution in [-0.4, -0.2) is 49.8 Å². The standard InChI is InChI=1S/C22H20N4O4S2/c1-32(27,28)15-2-5-19(24-10-15)29-18-4-3-16(22-23-6-7-31-22)21-17(18)9-20(30-21)26-11-13-8-14(12-26)25-13/h2-7,9-10,13-14,25H,8,11-12H2,1H3. The minimum atomic E-state index is -3.32. The summed E-state index contributed by atoms with van der Waals surface area (Å²) in [5.74, 6) is 1.72. The molecule has 3 saturated heterocycles. The van der Waals surface area contributed by atoms with Crippen molar-refractivity contribution in [2.75, 3.05) is 24.2 Å². The number of ether oxygens (including phenoxy) is 1. The lowest BCUT2D eigenvalue weighted by atomic mass is 9.91. The largest absolute Gasteiger partial charge is 0.440 e. The highest BCUT2D eigenvalue weighted by molar-refractivity contribution is 7.90. The number of hydrogen-bond acceptors (Lipinski definition) is 9. The maximum atomic E-state index is 11.7. The van der Waals surface area contributed by atoms with Gasteiger partial charge in [-0.1, -0.05) is 0 Å². The predicted molar refractivity (Wildman–Crippen MR) is 122 cm³/mol. The molecule has 0 radical (unpaired) electrons. The minimum absolute atomic E-state index is 0.150. The SMILES string of the molecule is CS(=O)(=O)c1ccc(Oc2ccc(-c3nccs3)c3oc(N4CC5CC(C4)N5)cc23)nc1. The van der Waals surface area contributed by atoms with Crippen molar-refractivity contribution in [3.05, 3.63) is 48.1 Å². The Morgan fingerprint density at radius 3 is 2.66 bits per heavy atom. The number of nitrogens with zero attached hydrogens (tertiary/aromatic N) is 3. The smallest absolute Gasteiger partial charge is 0.219 e. The van der Waals surface area contributed by atoms with Crippen molar-refractivity contribution >= 4 is 38.0 Å². The molecule has 3 aromatic heterocycles. The molecule has 2 unspecified atom stereocenters. The molecule has 1 aromatic carbocycles. The van der Waals surface area contributed by atoms with E-state index in [1.165, 1.54) is 18.7 Å². The molecular weight excluding hydrogens is 448 g/mol. The van der Waals surface area contributed by atoms with Crippen molar-refractivity contribution in [2.45, 2.75) is 23.4 Å². The lowest BCUT2D eigenvalue weighted by molar-refractivity contribution is 0.221.